The first-order chi connectivity index (χ1) is 41.4. The van der Waals surface area contributed by atoms with Crippen molar-refractivity contribution in [1.29, 1.82) is 0 Å². The summed E-state index contributed by atoms with van der Waals surface area (Å²) in [5.41, 5.74) is 0. The maximum Gasteiger partial charge on any atom is 0.218 e. The smallest absolute Gasteiger partial charge is 0.218 e. The van der Waals surface area contributed by atoms with E-state index in [1.807, 2.05) is 0 Å². The molecule has 0 saturated carbocycles. The SMILES string of the molecule is O/C1=C(\O)C(CCCl)OC(O)/C(O)=C(/O)C(CCCl)OC(O)/C(O)=C(/O)C(CCCl)OC(O)C(O)C(O)C(CCCl)OC(O)C(O)C(O)C(CCCl)OC2OC(CCl)C(OC(O)/C(O)=C(/O)C(CCCl)OC(O)/C(O)=C(/O)C(CCCl)OC1O)C(O)C2O. The van der Waals surface area contributed by atoms with Crippen molar-refractivity contribution in [2.24, 2.45) is 0 Å². The van der Waals surface area contributed by atoms with Crippen molar-refractivity contribution >= 4 is 92.8 Å². The molecule has 1 fully saturated rings. The zero-order valence-corrected chi connectivity index (χ0v) is 51.9. The minimum atomic E-state index is -2.77. The summed E-state index contributed by atoms with van der Waals surface area (Å²) in [7, 11) is 0. The number of halogens is 8. The van der Waals surface area contributed by atoms with Crippen molar-refractivity contribution in [1.82, 2.24) is 0 Å². The minimum Gasteiger partial charge on any atom is -0.506 e. The summed E-state index contributed by atoms with van der Waals surface area (Å²) < 4.78 is 47.9. The van der Waals surface area contributed by atoms with Crippen LogP contribution in [0, 0.1) is 0 Å². The summed E-state index contributed by atoms with van der Waals surface area (Å²) in [4.78, 5) is 0. The zero-order valence-electron chi connectivity index (χ0n) is 45.9. The monoisotopic (exact) mass is 1440 g/mol. The number of alkyl halides is 8. The molecule has 0 aromatic carbocycles. The van der Waals surface area contributed by atoms with Crippen LogP contribution in [0.4, 0.5) is 0 Å². The number of aliphatic hydroxyl groups excluding tert-OH is 23. The van der Waals surface area contributed by atoms with E-state index in [1.165, 1.54) is 0 Å². The van der Waals surface area contributed by atoms with Crippen LogP contribution in [0.3, 0.4) is 0 Å². The van der Waals surface area contributed by atoms with E-state index in [4.69, 9.17) is 135 Å². The Morgan fingerprint density at radius 2 is 0.489 bits per heavy atom. The highest BCUT2D eigenvalue weighted by Crippen LogP contribution is 2.32. The van der Waals surface area contributed by atoms with Crippen molar-refractivity contribution in [2.75, 3.05) is 47.0 Å². The molecule has 32 nitrogen and oxygen atoms in total. The summed E-state index contributed by atoms with van der Waals surface area (Å²) in [6.07, 6.45) is -56.7. The Balaban J connectivity index is 2.84. The molecule has 23 atom stereocenters. The highest BCUT2D eigenvalue weighted by Gasteiger charge is 2.49. The van der Waals surface area contributed by atoms with Gasteiger partial charge in [-0.3, -0.25) is 0 Å². The van der Waals surface area contributed by atoms with Crippen molar-refractivity contribution < 1.29 is 160 Å². The number of hydrogen-bond donors (Lipinski definition) is 23. The first-order valence-electron chi connectivity index (χ1n) is 26.2. The minimum absolute atomic E-state index is 0.387. The Morgan fingerprint density at radius 3 is 0.773 bits per heavy atom. The van der Waals surface area contributed by atoms with Gasteiger partial charge in [-0.1, -0.05) is 0 Å². The van der Waals surface area contributed by atoms with Crippen LogP contribution in [0.2, 0.25) is 0 Å². The van der Waals surface area contributed by atoms with Crippen LogP contribution in [0.1, 0.15) is 44.9 Å². The average Bonchev–Trinajstić information content (AvgIpc) is 3.34. The lowest BCUT2D eigenvalue weighted by Gasteiger charge is -2.44. The summed E-state index contributed by atoms with van der Waals surface area (Å²) in [5.74, 6) is -18.8. The van der Waals surface area contributed by atoms with Gasteiger partial charge in [-0.05, 0) is 44.9 Å². The highest BCUT2D eigenvalue weighted by molar-refractivity contribution is 6.19. The second kappa shape index (κ2) is 41.1. The van der Waals surface area contributed by atoms with Crippen LogP contribution in [-0.4, -0.2) is 306 Å². The van der Waals surface area contributed by atoms with Crippen LogP contribution in [-0.2, 0) is 42.6 Å². The van der Waals surface area contributed by atoms with Gasteiger partial charge in [0.05, 0.1) is 18.1 Å². The molecule has 3 rings (SSSR count). The lowest BCUT2D eigenvalue weighted by Crippen LogP contribution is -2.61. The largest absolute Gasteiger partial charge is 0.506 e. The Bertz CT molecular complexity index is 2210. The second-order valence-electron chi connectivity index (χ2n) is 19.0. The van der Waals surface area contributed by atoms with E-state index in [0.29, 0.717) is 0 Å². The van der Waals surface area contributed by atoms with E-state index >= 15 is 0 Å². The summed E-state index contributed by atoms with van der Waals surface area (Å²) in [6, 6.07) is 0. The third-order valence-corrected chi connectivity index (χ3v) is 14.7. The van der Waals surface area contributed by atoms with Crippen molar-refractivity contribution in [3.05, 3.63) is 57.6 Å². The molecule has 0 radical (unpaired) electrons. The zero-order chi connectivity index (χ0) is 67.0. The number of rotatable bonds is 15. The summed E-state index contributed by atoms with van der Waals surface area (Å²) in [6.45, 7) is 0. The molecule has 3 aliphatic rings. The molecule has 40 heteroatoms. The van der Waals surface area contributed by atoms with Gasteiger partial charge in [-0.15, -0.1) is 92.8 Å². The van der Waals surface area contributed by atoms with E-state index in [-0.39, 0.29) is 5.88 Å². The van der Waals surface area contributed by atoms with Crippen molar-refractivity contribution in [2.45, 2.75) is 187 Å². The fourth-order valence-electron chi connectivity index (χ4n) is 8.01. The van der Waals surface area contributed by atoms with Gasteiger partial charge < -0.3 is 160 Å². The molecule has 0 aromatic heterocycles. The van der Waals surface area contributed by atoms with Gasteiger partial charge in [-0.2, -0.15) is 0 Å². The molecule has 23 unspecified atom stereocenters. The third kappa shape index (κ3) is 23.6. The molecule has 0 aliphatic carbocycles. The fraction of sp³-hybridized carbons (Fsp3) is 0.792. The van der Waals surface area contributed by atoms with Gasteiger partial charge in [0.2, 0.25) is 31.5 Å². The molecule has 88 heavy (non-hydrogen) atoms. The van der Waals surface area contributed by atoms with Crippen LogP contribution in [0.5, 0.6) is 0 Å². The third-order valence-electron chi connectivity index (χ3n) is 12.9. The lowest BCUT2D eigenvalue weighted by molar-refractivity contribution is -0.332. The van der Waals surface area contributed by atoms with E-state index < -0.39 is 286 Å². The first kappa shape index (κ1) is 82.2. The molecule has 516 valence electrons. The average molecular weight is 1450 g/mol. The van der Waals surface area contributed by atoms with Crippen LogP contribution in [0.15, 0.2) is 57.6 Å². The normalized spacial score (nSPS) is 41.9. The Labute approximate surface area is 541 Å². The highest BCUT2D eigenvalue weighted by atomic mass is 35.5. The van der Waals surface area contributed by atoms with Gasteiger partial charge in [-0.25, -0.2) is 0 Å². The molecule has 3 heterocycles. The molecular weight excluding hydrogens is 1370 g/mol. The molecular formula is C48H76Cl8O32. The molecule has 3 aliphatic heterocycles. The fourth-order valence-corrected chi connectivity index (χ4v) is 9.68. The maximum atomic E-state index is 11.3. The Hall–Kier alpha value is -1.86. The molecule has 2 bridgehead atoms. The van der Waals surface area contributed by atoms with Crippen LogP contribution < -0.4 is 0 Å². The van der Waals surface area contributed by atoms with Crippen LogP contribution in [0.25, 0.3) is 0 Å². The quantitative estimate of drug-likeness (QED) is 0.0992. The van der Waals surface area contributed by atoms with Gasteiger partial charge in [0, 0.05) is 41.2 Å². The molecule has 0 aromatic rings. The second-order valence-corrected chi connectivity index (χ2v) is 21.9. The topological polar surface area (TPSA) is 548 Å². The van der Waals surface area contributed by atoms with E-state index in [9.17, 15) is 117 Å². The van der Waals surface area contributed by atoms with E-state index in [1.54, 1.807) is 0 Å². The predicted molar refractivity (Wildman–Crippen MR) is 305 cm³/mol. The van der Waals surface area contributed by atoms with E-state index in [2.05, 4.69) is 0 Å². The maximum absolute atomic E-state index is 11.3. The number of hydrogen-bond acceptors (Lipinski definition) is 32. The number of ether oxygens (including phenoxy) is 9. The van der Waals surface area contributed by atoms with Crippen molar-refractivity contribution in [3.63, 3.8) is 0 Å². The number of aliphatic hydroxyl groups is 23. The summed E-state index contributed by atoms with van der Waals surface area (Å²) in [5, 5.41) is 253. The van der Waals surface area contributed by atoms with Gasteiger partial charge >= 0.3 is 0 Å². The van der Waals surface area contributed by atoms with Crippen LogP contribution >= 0.6 is 92.8 Å². The van der Waals surface area contributed by atoms with Gasteiger partial charge in [0.1, 0.15) is 79.4 Å². The van der Waals surface area contributed by atoms with Gasteiger partial charge in [0.15, 0.2) is 76.5 Å². The Morgan fingerprint density at radius 1 is 0.239 bits per heavy atom. The first-order valence-corrected chi connectivity index (χ1v) is 30.5. The van der Waals surface area contributed by atoms with Crippen molar-refractivity contribution in [3.8, 4) is 0 Å². The number of fused-ring (bicyclic) bond motifs is 32. The van der Waals surface area contributed by atoms with Gasteiger partial charge in [0.25, 0.3) is 0 Å². The summed E-state index contributed by atoms with van der Waals surface area (Å²) >= 11 is 47.1. The molecule has 0 spiro atoms. The Kier molecular flexibility index (Phi) is 38.4. The van der Waals surface area contributed by atoms with E-state index in [0.717, 1.165) is 0 Å². The standard InChI is InChI=1S/C48H76Cl8O32/c49-8-1-16-24(57)32(65)41(73)81-17(2-9-50)25(58)34(67)43(75)83-19(4-11-52)27(60)36(69)45(77)85-21(6-13-54)29(62)38(71)47(79)88-40-23(15-56)87-48(39(72)31(40)64)86-22(7-14-55)30(63)37(70)46(78)84-20(5-12-53)28(61)35(68)44(76)82-18(3-10-51)26(59)33(66)42(74)80-16/h16-23,28,30-31,35,37,39-48,57-79H,1-15H2/b32-24-,33-26-,34-25-,36-27-,38-29-. The lowest BCUT2D eigenvalue weighted by atomic mass is 9.98. The molecule has 23 N–H and O–H groups in total. The molecule has 1 saturated heterocycles. The molecule has 0 amide bonds. The predicted octanol–water partition coefficient (Wildman–Crippen LogP) is 0.480.